The summed E-state index contributed by atoms with van der Waals surface area (Å²) >= 11 is 0. The second-order valence-corrected chi connectivity index (χ2v) is 14.3. The number of hydrogen-bond donors (Lipinski definition) is 2. The van der Waals surface area contributed by atoms with Crippen LogP contribution in [-0.2, 0) is 9.59 Å². The van der Waals surface area contributed by atoms with Crippen molar-refractivity contribution in [2.45, 2.75) is 37.6 Å². The van der Waals surface area contributed by atoms with E-state index in [4.69, 9.17) is 14.8 Å². The van der Waals surface area contributed by atoms with Crippen molar-refractivity contribution >= 4 is 40.9 Å². The summed E-state index contributed by atoms with van der Waals surface area (Å²) in [6, 6.07) is 19.9. The molecule has 7 heterocycles. The minimum Gasteiger partial charge on any atom is -0.492 e. The molecule has 3 saturated heterocycles. The summed E-state index contributed by atoms with van der Waals surface area (Å²) < 4.78 is 22.1. The lowest BCUT2D eigenvalue weighted by Crippen LogP contribution is -2.47. The monoisotopic (exact) mass is 743 g/mol. The van der Waals surface area contributed by atoms with Gasteiger partial charge in [0.1, 0.15) is 35.5 Å². The average molecular weight is 744 g/mol. The van der Waals surface area contributed by atoms with Gasteiger partial charge in [-0.25, -0.2) is 18.9 Å². The molecule has 2 atom stereocenters. The van der Waals surface area contributed by atoms with E-state index >= 15 is 0 Å². The fraction of sp³-hybridized carbons (Fsp3) is 0.325. The predicted molar refractivity (Wildman–Crippen MR) is 199 cm³/mol. The van der Waals surface area contributed by atoms with Gasteiger partial charge < -0.3 is 14.5 Å². The van der Waals surface area contributed by atoms with Gasteiger partial charge in [0, 0.05) is 51.3 Å². The summed E-state index contributed by atoms with van der Waals surface area (Å²) in [7, 11) is 0. The molecule has 0 saturated carbocycles. The van der Waals surface area contributed by atoms with Gasteiger partial charge in [0.2, 0.25) is 11.8 Å². The molecule has 0 aliphatic carbocycles. The van der Waals surface area contributed by atoms with Crippen molar-refractivity contribution in [3.8, 4) is 17.1 Å². The number of halogens is 1. The van der Waals surface area contributed by atoms with Gasteiger partial charge in [-0.3, -0.25) is 34.7 Å². The smallest absolute Gasteiger partial charge is 0.259 e. The van der Waals surface area contributed by atoms with Crippen LogP contribution < -0.4 is 25.2 Å². The predicted octanol–water partition coefficient (Wildman–Crippen LogP) is 3.88. The number of amides is 4. The van der Waals surface area contributed by atoms with Gasteiger partial charge in [0.05, 0.1) is 35.0 Å². The highest BCUT2D eigenvalue weighted by Gasteiger charge is 2.39. The van der Waals surface area contributed by atoms with Crippen LogP contribution in [0, 0.1) is 5.82 Å². The number of piperidine rings is 1. The van der Waals surface area contributed by atoms with Gasteiger partial charge in [0.25, 0.3) is 11.8 Å². The number of nitrogens with one attached hydrogen (secondary N) is 2. The molecule has 280 valence electrons. The maximum Gasteiger partial charge on any atom is 0.259 e. The molecular formula is C40H38FN9O5. The number of benzene rings is 2. The van der Waals surface area contributed by atoms with Gasteiger partial charge >= 0.3 is 0 Å². The molecule has 0 radical (unpaired) electrons. The Morgan fingerprint density at radius 2 is 1.71 bits per heavy atom. The number of pyridine rings is 1. The summed E-state index contributed by atoms with van der Waals surface area (Å²) in [6.07, 6.45) is 4.06. The second-order valence-electron chi connectivity index (χ2n) is 14.3. The molecule has 3 aromatic heterocycles. The van der Waals surface area contributed by atoms with E-state index in [1.54, 1.807) is 30.5 Å². The lowest BCUT2D eigenvalue weighted by atomic mass is 9.85. The Labute approximate surface area is 315 Å². The molecule has 4 aliphatic rings. The van der Waals surface area contributed by atoms with Crippen molar-refractivity contribution in [3.05, 3.63) is 101 Å². The van der Waals surface area contributed by atoms with Gasteiger partial charge in [-0.05, 0) is 73.4 Å². The number of carbonyl (C=O) groups excluding carboxylic acids is 4. The normalized spacial score (nSPS) is 20.2. The van der Waals surface area contributed by atoms with E-state index < -0.39 is 23.6 Å². The molecule has 55 heavy (non-hydrogen) atoms. The van der Waals surface area contributed by atoms with Gasteiger partial charge in [0.15, 0.2) is 5.65 Å². The Morgan fingerprint density at radius 1 is 0.855 bits per heavy atom. The number of nitrogens with zero attached hydrogens (tertiary/aromatic N) is 7. The number of fused-ring (bicyclic) bond motifs is 2. The van der Waals surface area contributed by atoms with Crippen molar-refractivity contribution in [2.24, 2.45) is 0 Å². The highest BCUT2D eigenvalue weighted by Crippen LogP contribution is 2.39. The van der Waals surface area contributed by atoms with Crippen LogP contribution in [-0.4, -0.2) is 94.0 Å². The number of carbonyl (C=O) groups is 4. The molecule has 2 aromatic carbocycles. The van der Waals surface area contributed by atoms with E-state index in [1.807, 2.05) is 40.9 Å². The van der Waals surface area contributed by atoms with Crippen LogP contribution in [0.15, 0.2) is 72.9 Å². The van der Waals surface area contributed by atoms with E-state index in [0.717, 1.165) is 74.2 Å². The molecular weight excluding hydrogens is 705 g/mol. The van der Waals surface area contributed by atoms with Gasteiger partial charge in [-0.1, -0.05) is 18.2 Å². The number of piperazine rings is 1. The Hall–Kier alpha value is -6.22. The second kappa shape index (κ2) is 14.2. The number of imidazole rings is 1. The maximum atomic E-state index is 14.1. The van der Waals surface area contributed by atoms with Crippen LogP contribution in [0.4, 0.5) is 16.0 Å². The molecule has 1 unspecified atom stereocenters. The Balaban J connectivity index is 0.860. The van der Waals surface area contributed by atoms with Crippen LogP contribution in [0.3, 0.4) is 0 Å². The average Bonchev–Trinajstić information content (AvgIpc) is 3.93. The van der Waals surface area contributed by atoms with E-state index in [1.165, 1.54) is 6.07 Å². The zero-order chi connectivity index (χ0) is 37.6. The number of ether oxygens (including phenoxy) is 1. The first-order valence-electron chi connectivity index (χ1n) is 18.6. The third-order valence-corrected chi connectivity index (χ3v) is 11.0. The van der Waals surface area contributed by atoms with Crippen molar-refractivity contribution in [2.75, 3.05) is 55.7 Å². The van der Waals surface area contributed by atoms with E-state index in [0.29, 0.717) is 30.1 Å². The molecule has 14 nitrogen and oxygen atoms in total. The highest BCUT2D eigenvalue weighted by molar-refractivity contribution is 6.23. The van der Waals surface area contributed by atoms with E-state index in [2.05, 4.69) is 30.3 Å². The third kappa shape index (κ3) is 6.54. The first-order valence-corrected chi connectivity index (χ1v) is 18.6. The minimum absolute atomic E-state index is 0.0451. The van der Waals surface area contributed by atoms with Gasteiger partial charge in [-0.2, -0.15) is 0 Å². The fourth-order valence-corrected chi connectivity index (χ4v) is 8.23. The Bertz CT molecular complexity index is 2360. The summed E-state index contributed by atoms with van der Waals surface area (Å²) in [5.74, 6) is -0.964. The lowest BCUT2D eigenvalue weighted by Gasteiger charge is -2.35. The summed E-state index contributed by atoms with van der Waals surface area (Å²) in [6.45, 7) is 4.74. The lowest BCUT2D eigenvalue weighted by molar-refractivity contribution is -0.134. The largest absolute Gasteiger partial charge is 0.492 e. The molecule has 0 bridgehead atoms. The third-order valence-electron chi connectivity index (χ3n) is 11.0. The van der Waals surface area contributed by atoms with Crippen LogP contribution in [0.2, 0.25) is 0 Å². The molecule has 3 fully saturated rings. The standard InChI is InChI=1S/C40H38FN9O5/c41-25-5-1-4-24(22-25)29-7-3-15-49(29)34-13-12-32-42-23-30(50(32)46-34)28-6-2-8-33(43-28)48-18-16-47(17-19-48)20-21-55-31-11-9-27-37(40(54)45-39(27)53)36(31)26-10-14-35(51)44-38(26)52/h1-2,4-6,8-9,11-13,22-23,26,29H,3,7,10,14-21H2,(H,44,51,52)(H,45,53,54)/t26?,29-/m1/s1. The fourth-order valence-electron chi connectivity index (χ4n) is 8.23. The molecule has 15 heteroatoms. The van der Waals surface area contributed by atoms with Crippen LogP contribution in [0.25, 0.3) is 17.0 Å². The quantitative estimate of drug-likeness (QED) is 0.212. The van der Waals surface area contributed by atoms with Crippen LogP contribution in [0.1, 0.15) is 69.5 Å². The van der Waals surface area contributed by atoms with Crippen molar-refractivity contribution in [3.63, 3.8) is 0 Å². The molecule has 5 aromatic rings. The first kappa shape index (κ1) is 34.5. The SMILES string of the molecule is O=C1CCC(c2c(OCCN3CCN(c4cccc(-c5cnc6ccc(N7CCC[C@@H]7c7cccc(F)c7)nn56)n4)CC3)ccc3c2C(=O)NC3=O)C(=O)N1. The number of imide groups is 2. The number of hydrogen-bond acceptors (Lipinski definition) is 11. The maximum absolute atomic E-state index is 14.1. The first-order chi connectivity index (χ1) is 26.8. The van der Waals surface area contributed by atoms with Crippen LogP contribution >= 0.6 is 0 Å². The molecule has 0 spiro atoms. The highest BCUT2D eigenvalue weighted by atomic mass is 19.1. The molecule has 4 amide bonds. The van der Waals surface area contributed by atoms with Crippen molar-refractivity contribution < 1.29 is 28.3 Å². The zero-order valence-electron chi connectivity index (χ0n) is 29.9. The van der Waals surface area contributed by atoms with Crippen LogP contribution in [0.5, 0.6) is 5.75 Å². The van der Waals surface area contributed by atoms with Crippen molar-refractivity contribution in [1.29, 1.82) is 0 Å². The molecule has 2 N–H and O–H groups in total. The summed E-state index contributed by atoms with van der Waals surface area (Å²) in [5.41, 5.74) is 3.88. The molecule has 9 rings (SSSR count). The Kier molecular flexibility index (Phi) is 8.92. The molecule has 4 aliphatic heterocycles. The Morgan fingerprint density at radius 3 is 2.55 bits per heavy atom. The number of aromatic nitrogens is 4. The summed E-state index contributed by atoms with van der Waals surface area (Å²) in [4.78, 5) is 66.3. The topological polar surface area (TPSA) is 154 Å². The van der Waals surface area contributed by atoms with E-state index in [-0.39, 0.29) is 41.7 Å². The number of rotatable bonds is 9. The van der Waals surface area contributed by atoms with Gasteiger partial charge in [-0.15, -0.1) is 5.10 Å². The minimum atomic E-state index is -0.784. The number of anilines is 2. The summed E-state index contributed by atoms with van der Waals surface area (Å²) in [5, 5.41) is 9.66. The van der Waals surface area contributed by atoms with Crippen molar-refractivity contribution in [1.82, 2.24) is 35.1 Å². The van der Waals surface area contributed by atoms with E-state index in [9.17, 15) is 23.6 Å². The zero-order valence-corrected chi connectivity index (χ0v) is 29.9.